The Morgan fingerprint density at radius 3 is 2.05 bits per heavy atom. The van der Waals surface area contributed by atoms with Crippen LogP contribution in [0.2, 0.25) is 0 Å². The number of hydrogen-bond acceptors (Lipinski definition) is 10. The number of aliphatic hydroxyl groups excluding tert-OH is 2. The lowest BCUT2D eigenvalue weighted by atomic mass is 9.90. The average molecular weight is 601 g/mol. The van der Waals surface area contributed by atoms with Gasteiger partial charge in [0, 0.05) is 61.8 Å². The number of carbonyl (C=O) groups is 2. The molecule has 0 bridgehead atoms. The molecule has 2 N–H and O–H groups in total. The molecule has 3 aliphatic rings. The Balaban J connectivity index is 0.000000138. The minimum atomic E-state index is -0.549. The fourth-order valence-corrected chi connectivity index (χ4v) is 8.04. The molecule has 0 amide bonds. The van der Waals surface area contributed by atoms with Gasteiger partial charge in [-0.25, -0.2) is 0 Å². The molecule has 0 saturated heterocycles. The highest BCUT2D eigenvalue weighted by atomic mass is 32.1. The minimum Gasteiger partial charge on any atom is -0.495 e. The molecule has 8 nitrogen and oxygen atoms in total. The Morgan fingerprint density at radius 2 is 1.38 bits per heavy atom. The zero-order valence-electron chi connectivity index (χ0n) is 23.0. The molecule has 2 saturated carbocycles. The van der Waals surface area contributed by atoms with E-state index in [4.69, 9.17) is 9.47 Å². The molecule has 0 radical (unpaired) electrons. The summed E-state index contributed by atoms with van der Waals surface area (Å²) in [7, 11) is 3.35. The van der Waals surface area contributed by atoms with E-state index in [1.807, 2.05) is 12.1 Å². The van der Waals surface area contributed by atoms with Gasteiger partial charge < -0.3 is 19.7 Å². The van der Waals surface area contributed by atoms with Gasteiger partial charge >= 0.3 is 0 Å². The largest absolute Gasteiger partial charge is 0.495 e. The summed E-state index contributed by atoms with van der Waals surface area (Å²) in [5.74, 6) is 1.99. The highest BCUT2D eigenvalue weighted by Gasteiger charge is 2.37. The predicted octanol–water partition coefficient (Wildman–Crippen LogP) is 6.27. The Bertz CT molecular complexity index is 1760. The highest BCUT2D eigenvalue weighted by Crippen LogP contribution is 2.50. The van der Waals surface area contributed by atoms with Crippen LogP contribution in [-0.4, -0.2) is 46.0 Å². The summed E-state index contributed by atoms with van der Waals surface area (Å²) in [6, 6.07) is 7.23. The van der Waals surface area contributed by atoms with Crippen molar-refractivity contribution in [3.63, 3.8) is 0 Å². The van der Waals surface area contributed by atoms with Crippen molar-refractivity contribution in [2.75, 3.05) is 14.2 Å². The van der Waals surface area contributed by atoms with Crippen molar-refractivity contribution < 1.29 is 29.3 Å². The van der Waals surface area contributed by atoms with E-state index in [1.165, 1.54) is 23.7 Å². The molecule has 8 rings (SSSR count). The molecule has 3 aliphatic carbocycles. The van der Waals surface area contributed by atoms with Gasteiger partial charge in [-0.2, -0.15) is 0 Å². The highest BCUT2D eigenvalue weighted by molar-refractivity contribution is 7.19. The number of aliphatic hydroxyl groups is 2. The minimum absolute atomic E-state index is 0.142. The number of carbonyl (C=O) groups excluding carboxylic acids is 2. The maximum Gasteiger partial charge on any atom is 0.204 e. The molecule has 0 aliphatic heterocycles. The van der Waals surface area contributed by atoms with Crippen molar-refractivity contribution in [2.24, 2.45) is 11.8 Å². The monoisotopic (exact) mass is 600 g/mol. The molecule has 4 heterocycles. The average Bonchev–Trinajstić information content (AvgIpc) is 3.96. The van der Waals surface area contributed by atoms with Crippen molar-refractivity contribution in [1.82, 2.24) is 9.97 Å². The van der Waals surface area contributed by atoms with Crippen LogP contribution < -0.4 is 9.47 Å². The smallest absolute Gasteiger partial charge is 0.204 e. The van der Waals surface area contributed by atoms with Crippen molar-refractivity contribution in [3.8, 4) is 11.5 Å². The number of thiophene rings is 2. The maximum atomic E-state index is 12.4. The molecular formula is C32H28N2O6S2. The van der Waals surface area contributed by atoms with Crippen LogP contribution in [0.4, 0.5) is 0 Å². The van der Waals surface area contributed by atoms with Crippen molar-refractivity contribution in [3.05, 3.63) is 80.4 Å². The van der Waals surface area contributed by atoms with Crippen molar-refractivity contribution in [1.29, 1.82) is 0 Å². The molecule has 4 aromatic heterocycles. The van der Waals surface area contributed by atoms with Crippen LogP contribution in [0.25, 0.3) is 20.9 Å². The number of nitrogens with zero attached hydrogens (tertiary/aromatic N) is 2. The number of ether oxygens (including phenoxy) is 2. The third-order valence-electron chi connectivity index (χ3n) is 8.15. The lowest BCUT2D eigenvalue weighted by Gasteiger charge is -2.12. The summed E-state index contributed by atoms with van der Waals surface area (Å²) in [6.07, 6.45) is 9.81. The number of rotatable bonds is 6. The van der Waals surface area contributed by atoms with Gasteiger partial charge in [0.15, 0.2) is 5.78 Å². The summed E-state index contributed by atoms with van der Waals surface area (Å²) in [6.45, 7) is 0. The second-order valence-electron chi connectivity index (χ2n) is 10.9. The molecule has 2 unspecified atom stereocenters. The number of aromatic nitrogens is 2. The van der Waals surface area contributed by atoms with Crippen LogP contribution in [0.15, 0.2) is 49.1 Å². The summed E-state index contributed by atoms with van der Waals surface area (Å²) in [4.78, 5) is 35.1. The lowest BCUT2D eigenvalue weighted by Crippen LogP contribution is -2.18. The van der Waals surface area contributed by atoms with Gasteiger partial charge in [-0.3, -0.25) is 19.6 Å². The third-order valence-corrected chi connectivity index (χ3v) is 10.6. The maximum absolute atomic E-state index is 12.4. The fraction of sp³-hybridized carbons (Fsp3) is 0.312. The van der Waals surface area contributed by atoms with Gasteiger partial charge in [0.1, 0.15) is 11.5 Å². The van der Waals surface area contributed by atoms with E-state index in [1.54, 1.807) is 50.1 Å². The quantitative estimate of drug-likeness (QED) is 0.230. The van der Waals surface area contributed by atoms with Crippen molar-refractivity contribution in [2.45, 2.75) is 37.9 Å². The first-order valence-electron chi connectivity index (χ1n) is 13.9. The van der Waals surface area contributed by atoms with Crippen LogP contribution in [0.3, 0.4) is 0 Å². The van der Waals surface area contributed by atoms with E-state index in [9.17, 15) is 19.8 Å². The van der Waals surface area contributed by atoms with E-state index in [0.717, 1.165) is 67.8 Å². The van der Waals surface area contributed by atoms with E-state index in [2.05, 4.69) is 9.97 Å². The summed E-state index contributed by atoms with van der Waals surface area (Å²) >= 11 is 2.84. The van der Waals surface area contributed by atoms with Crippen LogP contribution in [-0.2, 0) is 0 Å². The van der Waals surface area contributed by atoms with Gasteiger partial charge in [0.05, 0.1) is 41.6 Å². The number of ketones is 2. The first-order valence-corrected chi connectivity index (χ1v) is 15.5. The lowest BCUT2D eigenvalue weighted by molar-refractivity contribution is 0.0982. The number of methoxy groups -OCH3 is 2. The molecular weight excluding hydrogens is 572 g/mol. The van der Waals surface area contributed by atoms with Crippen LogP contribution in [0, 0.1) is 11.8 Å². The predicted molar refractivity (Wildman–Crippen MR) is 161 cm³/mol. The van der Waals surface area contributed by atoms with E-state index in [0.29, 0.717) is 27.5 Å². The van der Waals surface area contributed by atoms with E-state index < -0.39 is 6.10 Å². The molecule has 2 fully saturated rings. The van der Waals surface area contributed by atoms with Crippen molar-refractivity contribution >= 4 is 55.1 Å². The Kier molecular flexibility index (Phi) is 6.81. The summed E-state index contributed by atoms with van der Waals surface area (Å²) in [5, 5.41) is 23.5. The normalized spacial score (nSPS) is 17.3. The number of benzene rings is 1. The van der Waals surface area contributed by atoms with Gasteiger partial charge in [-0.15, -0.1) is 22.7 Å². The molecule has 0 spiro atoms. The zero-order chi connectivity index (χ0) is 29.1. The third kappa shape index (κ3) is 4.50. The van der Waals surface area contributed by atoms with Crippen LogP contribution in [0.5, 0.6) is 11.5 Å². The fourth-order valence-electron chi connectivity index (χ4n) is 5.58. The van der Waals surface area contributed by atoms with Gasteiger partial charge in [0.2, 0.25) is 5.78 Å². The topological polar surface area (TPSA) is 119 Å². The summed E-state index contributed by atoms with van der Waals surface area (Å²) < 4.78 is 12.3. The second kappa shape index (κ2) is 10.5. The van der Waals surface area contributed by atoms with Crippen LogP contribution >= 0.6 is 22.7 Å². The molecule has 10 heteroatoms. The summed E-state index contributed by atoms with van der Waals surface area (Å²) in [5.41, 5.74) is 1.18. The Morgan fingerprint density at radius 1 is 0.738 bits per heavy atom. The van der Waals surface area contributed by atoms with E-state index in [-0.39, 0.29) is 23.6 Å². The molecule has 2 atom stereocenters. The second-order valence-corrected chi connectivity index (χ2v) is 13.1. The molecule has 1 aromatic carbocycles. The first-order chi connectivity index (χ1) is 20.4. The Hall–Kier alpha value is -3.70. The number of pyridine rings is 2. The molecule has 5 aromatic rings. The standard InChI is InChI=1S/C17H17NO3S.C15H11NO3S/c1-20-15-11-7-13(14(19)9-3-4-9)22-17(11)16(21-2)10-5-6-18-8-12(10)15;17-12(7-1-2-7)11-5-9-13(18)10-6-16-4-3-8(10)14(19)15(9)20-11/h5-9,14,19H,3-4H2,1-2H3;3-7,12,17H,1-2H2. The number of fused-ring (bicyclic) bond motifs is 4. The molecule has 214 valence electrons. The SMILES string of the molecule is COc1c2cnccc2c(OC)c2sc(C(O)C3CC3)cc12.O=C1c2cnccc2C(=O)c2sc(C(O)C3CC3)cc21. The number of hydrogen-bond donors (Lipinski definition) is 2. The van der Waals surface area contributed by atoms with Gasteiger partial charge in [-0.05, 0) is 61.8 Å². The molecule has 42 heavy (non-hydrogen) atoms. The van der Waals surface area contributed by atoms with Gasteiger partial charge in [0.25, 0.3) is 0 Å². The Labute approximate surface area is 249 Å². The van der Waals surface area contributed by atoms with Gasteiger partial charge in [-0.1, -0.05) is 0 Å². The van der Waals surface area contributed by atoms with Crippen LogP contribution in [0.1, 0.15) is 78.8 Å². The zero-order valence-corrected chi connectivity index (χ0v) is 24.6. The van der Waals surface area contributed by atoms with E-state index >= 15 is 0 Å². The first kappa shape index (κ1) is 27.2.